The number of fused-ring (bicyclic) bond motifs is 1. The minimum atomic E-state index is -0.136. The molecule has 110 valence electrons. The summed E-state index contributed by atoms with van der Waals surface area (Å²) in [5.74, 6) is 0.984. The fourth-order valence-electron chi connectivity index (χ4n) is 2.76. The highest BCUT2D eigenvalue weighted by Crippen LogP contribution is 2.37. The number of halogens is 2. The average molecular weight is 458 g/mol. The molecule has 4 heteroatoms. The highest BCUT2D eigenvalue weighted by atomic mass is 127. The van der Waals surface area contributed by atoms with Crippen LogP contribution in [0.1, 0.15) is 36.6 Å². The lowest BCUT2D eigenvalue weighted by Crippen LogP contribution is -2.24. The van der Waals surface area contributed by atoms with Gasteiger partial charge in [-0.2, -0.15) is 0 Å². The fraction of sp³-hybridized carbons (Fsp3) is 0.294. The van der Waals surface area contributed by atoms with Gasteiger partial charge in [-0.3, -0.25) is 0 Å². The fourth-order valence-corrected chi connectivity index (χ4v) is 3.76. The van der Waals surface area contributed by atoms with Crippen LogP contribution in [0.15, 0.2) is 40.9 Å². The van der Waals surface area contributed by atoms with Gasteiger partial charge in [0.05, 0.1) is 6.04 Å². The molecule has 2 nitrogen and oxygen atoms in total. The van der Waals surface area contributed by atoms with Gasteiger partial charge in [-0.05, 0) is 77.4 Å². The maximum atomic E-state index is 6.47. The van der Waals surface area contributed by atoms with Crippen molar-refractivity contribution in [3.05, 3.63) is 61.1 Å². The summed E-state index contributed by atoms with van der Waals surface area (Å²) in [6.07, 6.45) is 0.927. The first-order valence-corrected chi connectivity index (χ1v) is 8.75. The van der Waals surface area contributed by atoms with Gasteiger partial charge in [0.15, 0.2) is 0 Å². The van der Waals surface area contributed by atoms with Crippen LogP contribution in [0, 0.1) is 3.57 Å². The number of nitrogens with two attached hydrogens (primary N) is 1. The van der Waals surface area contributed by atoms with Gasteiger partial charge in [-0.25, -0.2) is 0 Å². The summed E-state index contributed by atoms with van der Waals surface area (Å²) < 4.78 is 8.16. The van der Waals surface area contributed by atoms with Crippen LogP contribution in [0.2, 0.25) is 0 Å². The monoisotopic (exact) mass is 457 g/mol. The van der Waals surface area contributed by atoms with E-state index in [9.17, 15) is 0 Å². The van der Waals surface area contributed by atoms with Crippen molar-refractivity contribution in [1.29, 1.82) is 0 Å². The zero-order valence-corrected chi connectivity index (χ0v) is 15.7. The Morgan fingerprint density at radius 3 is 2.76 bits per heavy atom. The van der Waals surface area contributed by atoms with Crippen molar-refractivity contribution in [2.75, 3.05) is 0 Å². The molecule has 0 radical (unpaired) electrons. The number of ether oxygens (including phenoxy) is 1. The number of hydrogen-bond acceptors (Lipinski definition) is 2. The maximum Gasteiger partial charge on any atom is 0.123 e. The average Bonchev–Trinajstić information content (AvgIpc) is 2.73. The third-order valence-corrected chi connectivity index (χ3v) is 5.13. The molecule has 0 amide bonds. The third kappa shape index (κ3) is 3.12. The van der Waals surface area contributed by atoms with Crippen LogP contribution in [-0.4, -0.2) is 5.60 Å². The zero-order chi connectivity index (χ0) is 15.2. The first-order chi connectivity index (χ1) is 9.85. The van der Waals surface area contributed by atoms with Crippen molar-refractivity contribution in [3.8, 4) is 5.75 Å². The van der Waals surface area contributed by atoms with Gasteiger partial charge in [0.2, 0.25) is 0 Å². The van der Waals surface area contributed by atoms with Crippen LogP contribution in [-0.2, 0) is 6.42 Å². The lowest BCUT2D eigenvalue weighted by molar-refractivity contribution is 0.138. The molecule has 21 heavy (non-hydrogen) atoms. The lowest BCUT2D eigenvalue weighted by Gasteiger charge is -2.16. The molecule has 2 aromatic rings. The van der Waals surface area contributed by atoms with Crippen molar-refractivity contribution in [2.24, 2.45) is 5.73 Å². The van der Waals surface area contributed by atoms with Crippen molar-refractivity contribution in [2.45, 2.75) is 31.9 Å². The molecule has 0 fully saturated rings. The van der Waals surface area contributed by atoms with Gasteiger partial charge < -0.3 is 10.5 Å². The molecular weight excluding hydrogens is 441 g/mol. The second-order valence-electron chi connectivity index (χ2n) is 6.05. The minimum Gasteiger partial charge on any atom is -0.487 e. The van der Waals surface area contributed by atoms with E-state index in [4.69, 9.17) is 10.5 Å². The highest BCUT2D eigenvalue weighted by molar-refractivity contribution is 14.1. The van der Waals surface area contributed by atoms with Crippen LogP contribution in [0.25, 0.3) is 0 Å². The van der Waals surface area contributed by atoms with E-state index in [0.29, 0.717) is 0 Å². The molecule has 1 aliphatic rings. The second-order valence-corrected chi connectivity index (χ2v) is 8.15. The highest BCUT2D eigenvalue weighted by Gasteiger charge is 2.30. The standard InChI is InChI=1S/C17H17BrINO/c1-17(2)9-11-7-10(3-6-15(11)21-17)16(20)13-8-12(19)4-5-14(13)18/h3-8,16H,9,20H2,1-2H3. The summed E-state index contributed by atoms with van der Waals surface area (Å²) in [5, 5.41) is 0. The van der Waals surface area contributed by atoms with E-state index in [1.54, 1.807) is 0 Å². The molecule has 0 saturated heterocycles. The van der Waals surface area contributed by atoms with Gasteiger partial charge in [-0.15, -0.1) is 0 Å². The zero-order valence-electron chi connectivity index (χ0n) is 12.0. The van der Waals surface area contributed by atoms with E-state index < -0.39 is 0 Å². The molecule has 2 N–H and O–H groups in total. The van der Waals surface area contributed by atoms with Crippen LogP contribution in [0.3, 0.4) is 0 Å². The molecule has 0 spiro atoms. The predicted octanol–water partition coefficient (Wildman–Crippen LogP) is 4.82. The largest absolute Gasteiger partial charge is 0.487 e. The van der Waals surface area contributed by atoms with Gasteiger partial charge in [-0.1, -0.05) is 28.1 Å². The first kappa shape index (κ1) is 15.3. The van der Waals surface area contributed by atoms with E-state index >= 15 is 0 Å². The molecule has 0 aromatic heterocycles. The SMILES string of the molecule is CC1(C)Cc2cc(C(N)c3cc(I)ccc3Br)ccc2O1. The molecule has 0 aliphatic carbocycles. The maximum absolute atomic E-state index is 6.47. The number of hydrogen-bond donors (Lipinski definition) is 1. The Balaban J connectivity index is 1.97. The van der Waals surface area contributed by atoms with Gasteiger partial charge in [0.25, 0.3) is 0 Å². The van der Waals surface area contributed by atoms with Crippen LogP contribution < -0.4 is 10.5 Å². The molecule has 3 rings (SSSR count). The van der Waals surface area contributed by atoms with Crippen LogP contribution in [0.5, 0.6) is 5.75 Å². The summed E-state index contributed by atoms with van der Waals surface area (Å²) in [4.78, 5) is 0. The number of benzene rings is 2. The lowest BCUT2D eigenvalue weighted by atomic mass is 9.95. The summed E-state index contributed by atoms with van der Waals surface area (Å²) >= 11 is 5.91. The Morgan fingerprint density at radius 1 is 1.24 bits per heavy atom. The molecule has 0 saturated carbocycles. The topological polar surface area (TPSA) is 35.2 Å². The Hall–Kier alpha value is -0.590. The van der Waals surface area contributed by atoms with Gasteiger partial charge >= 0.3 is 0 Å². The molecule has 0 bridgehead atoms. The quantitative estimate of drug-likeness (QED) is 0.656. The van der Waals surface area contributed by atoms with Crippen LogP contribution >= 0.6 is 38.5 Å². The molecule has 2 aromatic carbocycles. The van der Waals surface area contributed by atoms with E-state index in [0.717, 1.165) is 27.8 Å². The second kappa shape index (κ2) is 5.56. The van der Waals surface area contributed by atoms with E-state index in [1.807, 2.05) is 6.07 Å². The molecule has 1 heterocycles. The molecular formula is C17H17BrINO. The molecule has 1 unspecified atom stereocenters. The Labute approximate surface area is 147 Å². The van der Waals surface area contributed by atoms with Gasteiger partial charge in [0.1, 0.15) is 11.4 Å². The summed E-state index contributed by atoms with van der Waals surface area (Å²) in [6, 6.07) is 12.4. The third-order valence-electron chi connectivity index (χ3n) is 3.74. The minimum absolute atomic E-state index is 0.117. The van der Waals surface area contributed by atoms with Crippen LogP contribution in [0.4, 0.5) is 0 Å². The van der Waals surface area contributed by atoms with Crippen molar-refractivity contribution >= 4 is 38.5 Å². The van der Waals surface area contributed by atoms with Gasteiger partial charge in [0, 0.05) is 14.5 Å². The predicted molar refractivity (Wildman–Crippen MR) is 97.7 cm³/mol. The molecule has 1 aliphatic heterocycles. The first-order valence-electron chi connectivity index (χ1n) is 6.88. The van der Waals surface area contributed by atoms with E-state index in [1.165, 1.54) is 9.13 Å². The Bertz CT molecular complexity index is 699. The van der Waals surface area contributed by atoms with Crippen molar-refractivity contribution in [3.63, 3.8) is 0 Å². The van der Waals surface area contributed by atoms with E-state index in [2.05, 4.69) is 82.7 Å². The summed E-state index contributed by atoms with van der Waals surface area (Å²) in [5.41, 5.74) is 9.84. The van der Waals surface area contributed by atoms with Crippen molar-refractivity contribution in [1.82, 2.24) is 0 Å². The Kier molecular flexibility index (Phi) is 4.05. The van der Waals surface area contributed by atoms with Crippen molar-refractivity contribution < 1.29 is 4.74 Å². The normalized spacial score (nSPS) is 17.2. The summed E-state index contributed by atoms with van der Waals surface area (Å²) in [7, 11) is 0. The van der Waals surface area contributed by atoms with E-state index in [-0.39, 0.29) is 11.6 Å². The summed E-state index contributed by atoms with van der Waals surface area (Å²) in [6.45, 7) is 4.23. The Morgan fingerprint density at radius 2 is 2.00 bits per heavy atom. The number of rotatable bonds is 2. The smallest absolute Gasteiger partial charge is 0.123 e. The molecule has 1 atom stereocenters.